The molecule has 3 aromatic carbocycles. The van der Waals surface area contributed by atoms with Crippen molar-refractivity contribution >= 4 is 58.8 Å². The van der Waals surface area contributed by atoms with Crippen molar-refractivity contribution < 1.29 is 67.8 Å². The van der Waals surface area contributed by atoms with Gasteiger partial charge in [-0.3, -0.25) is 19.2 Å². The van der Waals surface area contributed by atoms with Gasteiger partial charge in [0.2, 0.25) is 5.78 Å². The Morgan fingerprint density at radius 1 is 0.844 bits per heavy atom. The van der Waals surface area contributed by atoms with Crippen molar-refractivity contribution in [3.8, 4) is 0 Å². The fourth-order valence-corrected chi connectivity index (χ4v) is 10.8. The first-order valence-electron chi connectivity index (χ1n) is 20.6. The maximum atomic E-state index is 15.7. The van der Waals surface area contributed by atoms with Gasteiger partial charge in [-0.2, -0.15) is 0 Å². The number of hydrogen-bond acceptors (Lipinski definition) is 14. The van der Waals surface area contributed by atoms with E-state index in [0.29, 0.717) is 5.56 Å². The monoisotopic (exact) mass is 921 g/mol. The molecule has 11 atom stereocenters. The first-order chi connectivity index (χ1) is 29.9. The van der Waals surface area contributed by atoms with E-state index in [0.717, 1.165) is 13.8 Å². The lowest BCUT2D eigenvalue weighted by Gasteiger charge is -2.62. The van der Waals surface area contributed by atoms with Gasteiger partial charge in [-0.05, 0) is 62.2 Å². The Kier molecular flexibility index (Phi) is 12.2. The van der Waals surface area contributed by atoms with E-state index in [2.05, 4.69) is 5.32 Å². The maximum Gasteiger partial charge on any atom is 0.338 e. The van der Waals surface area contributed by atoms with Gasteiger partial charge in [0.15, 0.2) is 6.10 Å². The Morgan fingerprint density at radius 2 is 1.45 bits per heavy atom. The fraction of sp³-hybridized carbons (Fsp3) is 0.447. The number of aliphatic hydroxyl groups is 3. The van der Waals surface area contributed by atoms with E-state index in [9.17, 15) is 39.3 Å². The van der Waals surface area contributed by atoms with E-state index >= 15 is 4.79 Å². The van der Waals surface area contributed by atoms with Crippen molar-refractivity contribution in [1.82, 2.24) is 5.32 Å². The summed E-state index contributed by atoms with van der Waals surface area (Å²) in [6.07, 6.45) is -9.56. The van der Waals surface area contributed by atoms with Crippen molar-refractivity contribution in [2.24, 2.45) is 16.7 Å². The van der Waals surface area contributed by atoms with Gasteiger partial charge in [0.05, 0.1) is 39.1 Å². The lowest BCUT2D eigenvalue weighted by Crippen LogP contribution is -2.76. The fourth-order valence-electron chi connectivity index (χ4n) is 10.5. The minimum absolute atomic E-state index is 0.0427. The van der Waals surface area contributed by atoms with E-state index < -0.39 is 112 Å². The number of Topliss-reactive ketones (excluding diaryl/α,β-unsaturated/α-hetero) is 1. The van der Waals surface area contributed by atoms with Crippen LogP contribution in [0, 0.1) is 16.7 Å². The van der Waals surface area contributed by atoms with Crippen LogP contribution in [0.5, 0.6) is 0 Å². The number of ether oxygens (including phenoxy) is 5. The van der Waals surface area contributed by atoms with Crippen LogP contribution in [0.1, 0.15) is 93.6 Å². The van der Waals surface area contributed by atoms with Crippen LogP contribution >= 0.6 is 23.2 Å². The zero-order valence-electron chi connectivity index (χ0n) is 36.0. The van der Waals surface area contributed by atoms with Gasteiger partial charge in [0.1, 0.15) is 29.5 Å². The normalized spacial score (nSPS) is 32.2. The molecule has 6 bridgehead atoms. The number of rotatable bonds is 10. The number of esters is 4. The number of benzene rings is 3. The molecule has 340 valence electrons. The topological polar surface area (TPSA) is 221 Å². The highest BCUT2D eigenvalue weighted by atomic mass is 35.5. The summed E-state index contributed by atoms with van der Waals surface area (Å²) in [6.45, 7) is 9.43. The highest BCUT2D eigenvalue weighted by Gasteiger charge is 2.82. The number of halogens is 2. The molecule has 4 fully saturated rings. The summed E-state index contributed by atoms with van der Waals surface area (Å²) in [4.78, 5) is 84.4. The van der Waals surface area contributed by atoms with Gasteiger partial charge in [0.25, 0.3) is 11.7 Å². The Labute approximate surface area is 378 Å². The second kappa shape index (κ2) is 16.7. The number of nitrogens with one attached hydrogen (secondary N) is 1. The highest BCUT2D eigenvalue weighted by Crippen LogP contribution is 2.67. The number of amides is 1. The molecular formula is C47H49Cl2NO14. The molecule has 3 aliphatic carbocycles. The summed E-state index contributed by atoms with van der Waals surface area (Å²) in [5.41, 5.74) is -8.13. The van der Waals surface area contributed by atoms with Crippen LogP contribution in [0.25, 0.3) is 0 Å². The standard InChI is InChI=1S/C47H49Cl2NO14/c1-23-31(60-41(57)35(54)34(26-14-10-8-11-15-26)50-39(55)28-18-19-29(48)30(49)20-28)22-46(59)38(61-40(56)27-16-12-9-13-17-27)37-44(6)32(53)21-33(45(37,7)62-24(2)51)64-47(42(44)58,63-25(3)52)36(23)43(46,4)5/h8-20,31-35,37-38,53-54,59H,21-22H2,1-7H3,(H,50,55)/t31-,32-,33+,34-,35+,37-,38-,44+,45-,46+,47-/m0/s1. The molecule has 2 saturated heterocycles. The zero-order valence-corrected chi connectivity index (χ0v) is 37.6. The summed E-state index contributed by atoms with van der Waals surface area (Å²) in [5, 5.41) is 40.6. The molecule has 1 amide bonds. The Bertz CT molecular complexity index is 2440. The van der Waals surface area contributed by atoms with Gasteiger partial charge >= 0.3 is 23.9 Å². The predicted molar refractivity (Wildman–Crippen MR) is 227 cm³/mol. The molecule has 4 N–H and O–H groups in total. The van der Waals surface area contributed by atoms with Gasteiger partial charge in [-0.15, -0.1) is 0 Å². The zero-order chi connectivity index (χ0) is 46.9. The second-order valence-corrected chi connectivity index (χ2v) is 18.6. The van der Waals surface area contributed by atoms with Crippen molar-refractivity contribution in [1.29, 1.82) is 0 Å². The van der Waals surface area contributed by atoms with Crippen molar-refractivity contribution in [3.05, 3.63) is 117 Å². The van der Waals surface area contributed by atoms with Crippen LogP contribution < -0.4 is 5.32 Å². The summed E-state index contributed by atoms with van der Waals surface area (Å²) in [5.74, 6) is -10.2. The van der Waals surface area contributed by atoms with E-state index in [4.69, 9.17) is 46.9 Å². The van der Waals surface area contributed by atoms with E-state index in [1.807, 2.05) is 0 Å². The van der Waals surface area contributed by atoms with Crippen LogP contribution in [0.3, 0.4) is 0 Å². The number of carbonyl (C=O) groups excluding carboxylic acids is 6. The molecule has 0 unspecified atom stereocenters. The molecule has 3 aromatic rings. The average Bonchev–Trinajstić information content (AvgIpc) is 3.34. The van der Waals surface area contributed by atoms with Gasteiger partial charge < -0.3 is 44.3 Å². The minimum atomic E-state index is -2.76. The van der Waals surface area contributed by atoms with E-state index in [-0.39, 0.29) is 38.7 Å². The largest absolute Gasteiger partial charge is 0.456 e. The number of ketones is 1. The van der Waals surface area contributed by atoms with Crippen molar-refractivity contribution in [3.63, 3.8) is 0 Å². The quantitative estimate of drug-likeness (QED) is 0.114. The molecule has 2 aliphatic heterocycles. The van der Waals surface area contributed by atoms with Crippen molar-refractivity contribution in [2.45, 2.75) is 115 Å². The molecule has 0 spiro atoms. The van der Waals surface area contributed by atoms with Gasteiger partial charge in [-0.1, -0.05) is 85.6 Å². The Balaban J connectivity index is 1.41. The summed E-state index contributed by atoms with van der Waals surface area (Å²) in [6, 6.07) is 18.5. The molecule has 5 aliphatic rings. The molecule has 17 heteroatoms. The molecule has 0 radical (unpaired) electrons. The van der Waals surface area contributed by atoms with E-state index in [1.165, 1.54) is 65.0 Å². The molecule has 8 rings (SSSR count). The summed E-state index contributed by atoms with van der Waals surface area (Å²) in [7, 11) is 0. The third-order valence-electron chi connectivity index (χ3n) is 13.6. The van der Waals surface area contributed by atoms with Crippen LogP contribution in [0.15, 0.2) is 90.0 Å². The second-order valence-electron chi connectivity index (χ2n) is 17.8. The maximum absolute atomic E-state index is 15.7. The third kappa shape index (κ3) is 7.39. The SMILES string of the molecule is CC(=O)O[C@@]12O[C@@H]3C[C@H](O)[C@@](C)(C1=O)[C@H]([C@H](OC(=O)c1ccccc1)[C@]1(O)C[C@H](OC(=O)[C@H](O)[C@@H](NC(=O)c4ccc(Cl)c(Cl)c4)c4ccccc4)C(C)=C2C1(C)C)[C@@]3(C)OC(C)=O. The van der Waals surface area contributed by atoms with Crippen LogP contribution in [0.4, 0.5) is 0 Å². The number of hydrogen-bond donors (Lipinski definition) is 4. The van der Waals surface area contributed by atoms with Crippen LogP contribution in [-0.4, -0.2) is 98.4 Å². The lowest BCUT2D eigenvalue weighted by atomic mass is 9.46. The lowest BCUT2D eigenvalue weighted by molar-refractivity contribution is -0.266. The molecule has 15 nitrogen and oxygen atoms in total. The molecule has 2 heterocycles. The van der Waals surface area contributed by atoms with E-state index in [1.54, 1.807) is 48.5 Å². The molecular weight excluding hydrogens is 873 g/mol. The Hall–Kier alpha value is -5.16. The first-order valence-corrected chi connectivity index (χ1v) is 21.4. The van der Waals surface area contributed by atoms with Crippen molar-refractivity contribution in [2.75, 3.05) is 0 Å². The van der Waals surface area contributed by atoms with Gasteiger partial charge in [0, 0.05) is 43.2 Å². The molecule has 64 heavy (non-hydrogen) atoms. The molecule has 2 saturated carbocycles. The minimum Gasteiger partial charge on any atom is -0.456 e. The average molecular weight is 923 g/mol. The van der Waals surface area contributed by atoms with Gasteiger partial charge in [-0.25, -0.2) is 9.59 Å². The summed E-state index contributed by atoms with van der Waals surface area (Å²) < 4.78 is 31.3. The van der Waals surface area contributed by atoms with Crippen LogP contribution in [0.2, 0.25) is 10.0 Å². The first kappa shape index (κ1) is 46.8. The third-order valence-corrected chi connectivity index (χ3v) is 14.4. The summed E-state index contributed by atoms with van der Waals surface area (Å²) >= 11 is 12.3. The van der Waals surface area contributed by atoms with Crippen LogP contribution in [-0.2, 0) is 42.9 Å². The Morgan fingerprint density at radius 3 is 2.05 bits per heavy atom. The smallest absolute Gasteiger partial charge is 0.338 e. The highest BCUT2D eigenvalue weighted by molar-refractivity contribution is 6.42. The number of fused-ring (bicyclic) bond motifs is 3. The predicted octanol–water partition coefficient (Wildman–Crippen LogP) is 5.39. The number of aliphatic hydroxyl groups excluding tert-OH is 2. The number of carbonyl (C=O) groups is 6. The molecule has 0 aromatic heterocycles.